The van der Waals surface area contributed by atoms with Gasteiger partial charge < -0.3 is 15.5 Å². The Kier molecular flexibility index (Phi) is 3.16. The predicted octanol–water partition coefficient (Wildman–Crippen LogP) is 1.89. The van der Waals surface area contributed by atoms with Gasteiger partial charge in [0.05, 0.1) is 5.92 Å². The van der Waals surface area contributed by atoms with Gasteiger partial charge in [-0.1, -0.05) is 22.0 Å². The Morgan fingerprint density at radius 2 is 2.25 bits per heavy atom. The minimum absolute atomic E-state index is 0.0380. The van der Waals surface area contributed by atoms with Crippen molar-refractivity contribution in [3.63, 3.8) is 0 Å². The Labute approximate surface area is 101 Å². The van der Waals surface area contributed by atoms with Crippen LogP contribution in [0.5, 0.6) is 5.75 Å². The van der Waals surface area contributed by atoms with Crippen molar-refractivity contribution in [1.82, 2.24) is 5.32 Å². The van der Waals surface area contributed by atoms with Gasteiger partial charge in [-0.05, 0) is 24.1 Å². The molecule has 0 amide bonds. The molecule has 1 fully saturated rings. The van der Waals surface area contributed by atoms with Gasteiger partial charge in [-0.25, -0.2) is 0 Å². The minimum Gasteiger partial charge on any atom is -0.508 e. The molecule has 1 aliphatic rings. The van der Waals surface area contributed by atoms with Crippen LogP contribution < -0.4 is 5.32 Å². The summed E-state index contributed by atoms with van der Waals surface area (Å²) in [6.07, 6.45) is 0.582. The summed E-state index contributed by atoms with van der Waals surface area (Å²) in [5.74, 6) is -0.890. The molecule has 0 aromatic heterocycles. The molecule has 1 aliphatic heterocycles. The van der Waals surface area contributed by atoms with Crippen LogP contribution in [-0.2, 0) is 4.79 Å². The summed E-state index contributed by atoms with van der Waals surface area (Å²) in [5.41, 5.74) is 0.988. The summed E-state index contributed by atoms with van der Waals surface area (Å²) in [6, 6.07) is 5.07. The van der Waals surface area contributed by atoms with E-state index in [4.69, 9.17) is 5.11 Å². The zero-order valence-corrected chi connectivity index (χ0v) is 10.1. The Hall–Kier alpha value is -1.07. The Morgan fingerprint density at radius 1 is 1.50 bits per heavy atom. The van der Waals surface area contributed by atoms with E-state index in [0.29, 0.717) is 13.0 Å². The van der Waals surface area contributed by atoms with Gasteiger partial charge >= 0.3 is 5.97 Å². The van der Waals surface area contributed by atoms with Crippen LogP contribution in [-0.4, -0.2) is 22.7 Å². The second-order valence-electron chi connectivity index (χ2n) is 3.94. The quantitative estimate of drug-likeness (QED) is 0.776. The molecule has 4 nitrogen and oxygen atoms in total. The number of aromatic hydroxyl groups is 1. The molecule has 5 heteroatoms. The molecule has 2 atom stereocenters. The lowest BCUT2D eigenvalue weighted by Crippen LogP contribution is -2.17. The molecule has 3 N–H and O–H groups in total. The number of phenolic OH excluding ortho intramolecular Hbond substituents is 1. The summed E-state index contributed by atoms with van der Waals surface area (Å²) in [5, 5.41) is 21.3. The molecule has 0 bridgehead atoms. The fraction of sp³-hybridized carbons (Fsp3) is 0.364. The number of hydrogen-bond donors (Lipinski definition) is 3. The average Bonchev–Trinajstić information content (AvgIpc) is 2.66. The van der Waals surface area contributed by atoms with Crippen LogP contribution in [0.2, 0.25) is 0 Å². The van der Waals surface area contributed by atoms with Gasteiger partial charge in [0.25, 0.3) is 0 Å². The summed E-state index contributed by atoms with van der Waals surface area (Å²) >= 11 is 3.37. The van der Waals surface area contributed by atoms with E-state index in [0.717, 1.165) is 10.0 Å². The van der Waals surface area contributed by atoms with Crippen molar-refractivity contribution in [2.24, 2.45) is 5.92 Å². The molecule has 0 aliphatic carbocycles. The highest BCUT2D eigenvalue weighted by atomic mass is 79.9. The first-order valence-corrected chi connectivity index (χ1v) is 5.82. The third kappa shape index (κ3) is 2.20. The Balaban J connectivity index is 2.17. The van der Waals surface area contributed by atoms with Crippen molar-refractivity contribution in [3.05, 3.63) is 28.2 Å². The normalized spacial score (nSPS) is 24.6. The first kappa shape index (κ1) is 11.4. The van der Waals surface area contributed by atoms with Crippen LogP contribution >= 0.6 is 15.9 Å². The van der Waals surface area contributed by atoms with E-state index in [-0.39, 0.29) is 17.7 Å². The maximum Gasteiger partial charge on any atom is 0.307 e. The molecule has 0 radical (unpaired) electrons. The van der Waals surface area contributed by atoms with E-state index in [1.54, 1.807) is 18.2 Å². The first-order chi connectivity index (χ1) is 7.58. The van der Waals surface area contributed by atoms with Gasteiger partial charge in [0.2, 0.25) is 0 Å². The second-order valence-corrected chi connectivity index (χ2v) is 4.79. The fourth-order valence-electron chi connectivity index (χ4n) is 1.96. The van der Waals surface area contributed by atoms with E-state index < -0.39 is 5.97 Å². The van der Waals surface area contributed by atoms with Gasteiger partial charge in [0.1, 0.15) is 5.75 Å². The molecular weight excluding hydrogens is 274 g/mol. The molecule has 1 aromatic carbocycles. The third-order valence-corrected chi connectivity index (χ3v) is 3.53. The second kappa shape index (κ2) is 4.43. The smallest absolute Gasteiger partial charge is 0.307 e. The summed E-state index contributed by atoms with van der Waals surface area (Å²) < 4.78 is 0.802. The van der Waals surface area contributed by atoms with Crippen molar-refractivity contribution in [1.29, 1.82) is 0 Å². The molecule has 1 heterocycles. The van der Waals surface area contributed by atoms with Gasteiger partial charge in [0.15, 0.2) is 0 Å². The maximum atomic E-state index is 10.8. The van der Waals surface area contributed by atoms with Gasteiger partial charge in [-0.3, -0.25) is 4.79 Å². The largest absolute Gasteiger partial charge is 0.508 e. The number of benzene rings is 1. The van der Waals surface area contributed by atoms with Gasteiger partial charge in [-0.2, -0.15) is 0 Å². The van der Waals surface area contributed by atoms with Crippen molar-refractivity contribution in [2.45, 2.75) is 12.5 Å². The molecule has 1 aromatic rings. The maximum absolute atomic E-state index is 10.8. The molecular formula is C11H12BrNO3. The van der Waals surface area contributed by atoms with E-state index in [2.05, 4.69) is 21.2 Å². The number of nitrogens with one attached hydrogen (secondary N) is 1. The number of phenols is 1. The minimum atomic E-state index is -0.759. The van der Waals surface area contributed by atoms with Crippen LogP contribution in [0.1, 0.15) is 18.0 Å². The fourth-order valence-corrected chi connectivity index (χ4v) is 2.60. The number of rotatable bonds is 2. The van der Waals surface area contributed by atoms with E-state index in [9.17, 15) is 9.90 Å². The molecule has 2 rings (SSSR count). The highest BCUT2D eigenvalue weighted by molar-refractivity contribution is 9.10. The van der Waals surface area contributed by atoms with Gasteiger partial charge in [-0.15, -0.1) is 0 Å². The molecule has 86 valence electrons. The highest BCUT2D eigenvalue weighted by Crippen LogP contribution is 2.33. The number of carboxylic acid groups (broad SMARTS) is 1. The lowest BCUT2D eigenvalue weighted by atomic mass is 10.0. The van der Waals surface area contributed by atoms with Crippen LogP contribution in [0.15, 0.2) is 22.7 Å². The van der Waals surface area contributed by atoms with Gasteiger partial charge in [0, 0.05) is 17.1 Å². The van der Waals surface area contributed by atoms with Crippen molar-refractivity contribution in [2.75, 3.05) is 6.54 Å². The van der Waals surface area contributed by atoms with Crippen molar-refractivity contribution in [3.8, 4) is 5.75 Å². The lowest BCUT2D eigenvalue weighted by Gasteiger charge is -2.12. The Morgan fingerprint density at radius 3 is 2.81 bits per heavy atom. The Bertz CT molecular complexity index is 422. The SMILES string of the molecule is O=C(O)C1CNC(c2ccc(O)cc2Br)C1. The standard InChI is InChI=1S/C11H12BrNO3/c12-9-4-7(14)1-2-8(9)10-3-6(5-13-10)11(15)16/h1-2,4,6,10,13-14H,3,5H2,(H,15,16). The number of aliphatic carboxylic acids is 1. The summed E-state index contributed by atoms with van der Waals surface area (Å²) in [7, 11) is 0. The molecule has 16 heavy (non-hydrogen) atoms. The number of halogens is 1. The van der Waals surface area contributed by atoms with Crippen LogP contribution in [0.4, 0.5) is 0 Å². The van der Waals surface area contributed by atoms with Crippen molar-refractivity contribution >= 4 is 21.9 Å². The van der Waals surface area contributed by atoms with E-state index in [1.807, 2.05) is 0 Å². The van der Waals surface area contributed by atoms with Crippen LogP contribution in [0.3, 0.4) is 0 Å². The summed E-state index contributed by atoms with van der Waals surface area (Å²) in [4.78, 5) is 10.8. The molecule has 1 saturated heterocycles. The third-order valence-electron chi connectivity index (χ3n) is 2.84. The zero-order chi connectivity index (χ0) is 11.7. The lowest BCUT2D eigenvalue weighted by molar-refractivity contribution is -0.141. The number of hydrogen-bond acceptors (Lipinski definition) is 3. The molecule has 0 spiro atoms. The molecule has 2 unspecified atom stereocenters. The predicted molar refractivity (Wildman–Crippen MR) is 62.3 cm³/mol. The first-order valence-electron chi connectivity index (χ1n) is 5.02. The monoisotopic (exact) mass is 285 g/mol. The van der Waals surface area contributed by atoms with Crippen LogP contribution in [0.25, 0.3) is 0 Å². The average molecular weight is 286 g/mol. The van der Waals surface area contributed by atoms with E-state index >= 15 is 0 Å². The summed E-state index contributed by atoms with van der Waals surface area (Å²) in [6.45, 7) is 0.493. The topological polar surface area (TPSA) is 69.6 Å². The number of carbonyl (C=O) groups is 1. The zero-order valence-electron chi connectivity index (χ0n) is 8.48. The van der Waals surface area contributed by atoms with Crippen LogP contribution in [0, 0.1) is 5.92 Å². The van der Waals surface area contributed by atoms with E-state index in [1.165, 1.54) is 0 Å². The number of carboxylic acids is 1. The highest BCUT2D eigenvalue weighted by Gasteiger charge is 2.30. The van der Waals surface area contributed by atoms with Crippen molar-refractivity contribution < 1.29 is 15.0 Å². The molecule has 0 saturated carbocycles.